The number of ether oxygens (including phenoxy) is 1. The Bertz CT molecular complexity index is 1730. The minimum absolute atomic E-state index is 0.0369. The second-order valence-corrected chi connectivity index (χ2v) is 10.2. The fourth-order valence-corrected chi connectivity index (χ4v) is 5.94. The first-order chi connectivity index (χ1) is 19.0. The maximum absolute atomic E-state index is 13.2. The maximum Gasteiger partial charge on any atom is 0.269 e. The topological polar surface area (TPSA) is 129 Å². The van der Waals surface area contributed by atoms with Gasteiger partial charge in [0.25, 0.3) is 11.6 Å². The number of anilines is 1. The molecule has 0 bridgehead atoms. The van der Waals surface area contributed by atoms with Crippen LogP contribution in [-0.4, -0.2) is 10.8 Å². The minimum Gasteiger partial charge on any atom is -0.488 e. The van der Waals surface area contributed by atoms with Crippen molar-refractivity contribution >= 4 is 44.8 Å². The lowest BCUT2D eigenvalue weighted by molar-refractivity contribution is -0.384. The molecule has 4 aromatic rings. The number of nitro benzene ring substituents is 1. The summed E-state index contributed by atoms with van der Waals surface area (Å²) in [6.07, 6.45) is 5.24. The molecule has 0 atom stereocenters. The molecule has 0 aliphatic heterocycles. The molecule has 1 heterocycles. The average Bonchev–Trinajstić information content (AvgIpc) is 3.31. The van der Waals surface area contributed by atoms with Crippen molar-refractivity contribution in [2.45, 2.75) is 32.3 Å². The summed E-state index contributed by atoms with van der Waals surface area (Å²) in [5, 5.41) is 35.7. The number of amides is 1. The standard InChI is InChI=1S/C30H22N4O4S/c31-16-21(29(35)33-30-26(17-32)24-10-3-4-11-28(24)39-30)15-25-23-9-2-1-7-20(23)12-13-27(25)38-18-19-6-5-8-22(14-19)34(36)37/h1-2,5-9,12-15H,3-4,10-11,18H2,(H,33,35)/b21-15+. The molecule has 0 saturated heterocycles. The molecule has 8 nitrogen and oxygen atoms in total. The van der Waals surface area contributed by atoms with Gasteiger partial charge in [-0.1, -0.05) is 42.5 Å². The van der Waals surface area contributed by atoms with E-state index < -0.39 is 10.8 Å². The summed E-state index contributed by atoms with van der Waals surface area (Å²) in [6, 6.07) is 21.5. The first-order valence-electron chi connectivity index (χ1n) is 12.3. The molecule has 1 aliphatic carbocycles. The van der Waals surface area contributed by atoms with Crippen molar-refractivity contribution in [1.82, 2.24) is 0 Å². The van der Waals surface area contributed by atoms with Crippen molar-refractivity contribution < 1.29 is 14.5 Å². The number of thiophene rings is 1. The first-order valence-corrected chi connectivity index (χ1v) is 13.2. The summed E-state index contributed by atoms with van der Waals surface area (Å²) in [5.41, 5.74) is 2.45. The summed E-state index contributed by atoms with van der Waals surface area (Å²) in [5.74, 6) is -0.185. The molecule has 1 N–H and O–H groups in total. The van der Waals surface area contributed by atoms with Crippen molar-refractivity contribution in [3.05, 3.63) is 103 Å². The highest BCUT2D eigenvalue weighted by molar-refractivity contribution is 7.16. The molecule has 39 heavy (non-hydrogen) atoms. The van der Waals surface area contributed by atoms with E-state index in [1.54, 1.807) is 18.2 Å². The molecule has 0 saturated carbocycles. The van der Waals surface area contributed by atoms with E-state index in [0.717, 1.165) is 46.9 Å². The second kappa shape index (κ2) is 11.2. The van der Waals surface area contributed by atoms with Crippen LogP contribution in [0.4, 0.5) is 10.7 Å². The number of carbonyl (C=O) groups excluding carboxylic acids is 1. The number of rotatable bonds is 7. The van der Waals surface area contributed by atoms with Gasteiger partial charge in [0.1, 0.15) is 35.1 Å². The molecule has 0 unspecified atom stereocenters. The number of benzene rings is 3. The van der Waals surface area contributed by atoms with Crippen molar-refractivity contribution in [3.8, 4) is 17.9 Å². The van der Waals surface area contributed by atoms with Crippen molar-refractivity contribution in [3.63, 3.8) is 0 Å². The molecule has 192 valence electrons. The molecular weight excluding hydrogens is 512 g/mol. The van der Waals surface area contributed by atoms with E-state index in [4.69, 9.17) is 4.74 Å². The molecular formula is C30H22N4O4S. The minimum atomic E-state index is -0.606. The highest BCUT2D eigenvalue weighted by Gasteiger charge is 2.23. The van der Waals surface area contributed by atoms with Gasteiger partial charge >= 0.3 is 0 Å². The Morgan fingerprint density at radius 2 is 1.92 bits per heavy atom. The van der Waals surface area contributed by atoms with Crippen LogP contribution in [0.2, 0.25) is 0 Å². The Morgan fingerprint density at radius 3 is 2.72 bits per heavy atom. The second-order valence-electron chi connectivity index (χ2n) is 9.06. The normalized spacial score (nSPS) is 12.7. The summed E-state index contributed by atoms with van der Waals surface area (Å²) in [6.45, 7) is 0.0568. The van der Waals surface area contributed by atoms with Gasteiger partial charge in [-0.2, -0.15) is 10.5 Å². The number of nitrogens with one attached hydrogen (secondary N) is 1. The van der Waals surface area contributed by atoms with E-state index in [2.05, 4.69) is 11.4 Å². The van der Waals surface area contributed by atoms with Gasteiger partial charge in [0.15, 0.2) is 0 Å². The third-order valence-corrected chi connectivity index (χ3v) is 7.82. The number of fused-ring (bicyclic) bond motifs is 2. The van der Waals surface area contributed by atoms with Gasteiger partial charge < -0.3 is 10.1 Å². The number of nitrogens with zero attached hydrogens (tertiary/aromatic N) is 3. The lowest BCUT2D eigenvalue weighted by Gasteiger charge is -2.13. The van der Waals surface area contributed by atoms with Crippen LogP contribution >= 0.6 is 11.3 Å². The zero-order chi connectivity index (χ0) is 27.4. The first kappa shape index (κ1) is 25.7. The number of aryl methyl sites for hydroxylation is 1. The van der Waals surface area contributed by atoms with Crippen molar-refractivity contribution in [2.24, 2.45) is 0 Å². The van der Waals surface area contributed by atoms with Gasteiger partial charge in [0.2, 0.25) is 0 Å². The predicted octanol–water partition coefficient (Wildman–Crippen LogP) is 6.68. The molecule has 0 spiro atoms. The smallest absolute Gasteiger partial charge is 0.269 e. The Kier molecular flexibility index (Phi) is 7.35. The molecule has 0 fully saturated rings. The van der Waals surface area contributed by atoms with Crippen molar-refractivity contribution in [2.75, 3.05) is 5.32 Å². The maximum atomic E-state index is 13.2. The van der Waals surface area contributed by atoms with Gasteiger partial charge in [0, 0.05) is 22.6 Å². The van der Waals surface area contributed by atoms with Gasteiger partial charge in [-0.3, -0.25) is 14.9 Å². The SMILES string of the molecule is N#C/C(=C\c1c(OCc2cccc([N+](=O)[O-])c2)ccc2ccccc12)C(=O)Nc1sc2c(c1C#N)CCCC2. The lowest BCUT2D eigenvalue weighted by atomic mass is 9.96. The van der Waals surface area contributed by atoms with E-state index in [1.165, 1.54) is 29.5 Å². The highest BCUT2D eigenvalue weighted by Crippen LogP contribution is 2.38. The lowest BCUT2D eigenvalue weighted by Crippen LogP contribution is -2.13. The zero-order valence-corrected chi connectivity index (χ0v) is 21.6. The van der Waals surface area contributed by atoms with Gasteiger partial charge in [-0.25, -0.2) is 0 Å². The van der Waals surface area contributed by atoms with E-state index in [1.807, 2.05) is 36.4 Å². The monoisotopic (exact) mass is 534 g/mol. The fourth-order valence-electron chi connectivity index (χ4n) is 4.71. The molecule has 3 aromatic carbocycles. The van der Waals surface area contributed by atoms with Gasteiger partial charge in [0.05, 0.1) is 10.5 Å². The number of non-ortho nitro benzene ring substituents is 1. The van der Waals surface area contributed by atoms with Crippen LogP contribution in [0.25, 0.3) is 16.8 Å². The molecule has 5 rings (SSSR count). The Labute approximate surface area is 228 Å². The molecule has 1 aliphatic rings. The Morgan fingerprint density at radius 1 is 1.10 bits per heavy atom. The molecule has 1 amide bonds. The number of carbonyl (C=O) groups is 1. The van der Waals surface area contributed by atoms with Crippen LogP contribution in [0.15, 0.2) is 66.2 Å². The third-order valence-electron chi connectivity index (χ3n) is 6.61. The summed E-state index contributed by atoms with van der Waals surface area (Å²) in [7, 11) is 0. The van der Waals surface area contributed by atoms with Gasteiger partial charge in [-0.05, 0) is 59.7 Å². The summed E-state index contributed by atoms with van der Waals surface area (Å²) >= 11 is 1.40. The van der Waals surface area contributed by atoms with E-state index in [9.17, 15) is 25.4 Å². The number of nitriles is 2. The summed E-state index contributed by atoms with van der Waals surface area (Å²) < 4.78 is 6.05. The fraction of sp³-hybridized carbons (Fsp3) is 0.167. The molecule has 9 heteroatoms. The van der Waals surface area contributed by atoms with Crippen LogP contribution < -0.4 is 10.1 Å². The van der Waals surface area contributed by atoms with Crippen LogP contribution in [0.5, 0.6) is 5.75 Å². The van der Waals surface area contributed by atoms with Crippen LogP contribution in [0.1, 0.15) is 40.0 Å². The Hall–Kier alpha value is -4.99. The Balaban J connectivity index is 1.48. The predicted molar refractivity (Wildman–Crippen MR) is 149 cm³/mol. The van der Waals surface area contributed by atoms with Crippen molar-refractivity contribution in [1.29, 1.82) is 10.5 Å². The quantitative estimate of drug-likeness (QED) is 0.122. The van der Waals surface area contributed by atoms with E-state index >= 15 is 0 Å². The van der Waals surface area contributed by atoms with Crippen LogP contribution in [0.3, 0.4) is 0 Å². The highest BCUT2D eigenvalue weighted by atomic mass is 32.1. The number of hydrogen-bond donors (Lipinski definition) is 1. The summed E-state index contributed by atoms with van der Waals surface area (Å²) in [4.78, 5) is 25.0. The van der Waals surface area contributed by atoms with Crippen LogP contribution in [-0.2, 0) is 24.2 Å². The van der Waals surface area contributed by atoms with E-state index in [-0.39, 0.29) is 17.9 Å². The molecule has 0 radical (unpaired) electrons. The third kappa shape index (κ3) is 5.35. The number of nitro groups is 1. The zero-order valence-electron chi connectivity index (χ0n) is 20.8. The van der Waals surface area contributed by atoms with Crippen LogP contribution in [0, 0.1) is 32.8 Å². The molecule has 1 aromatic heterocycles. The largest absolute Gasteiger partial charge is 0.488 e. The average molecular weight is 535 g/mol. The van der Waals surface area contributed by atoms with E-state index in [0.29, 0.717) is 27.4 Å². The number of hydrogen-bond acceptors (Lipinski definition) is 7. The van der Waals surface area contributed by atoms with Gasteiger partial charge in [-0.15, -0.1) is 11.3 Å².